The predicted octanol–water partition coefficient (Wildman–Crippen LogP) is 4.02. The fourth-order valence-corrected chi connectivity index (χ4v) is 3.43. The Morgan fingerprint density at radius 3 is 2.33 bits per heavy atom. The lowest BCUT2D eigenvalue weighted by atomic mass is 9.62. The lowest BCUT2D eigenvalue weighted by Gasteiger charge is -2.41. The number of hydrogen-bond donors (Lipinski definition) is 2. The van der Waals surface area contributed by atoms with Crippen LogP contribution in [0.1, 0.15) is 58.3 Å². The smallest absolute Gasteiger partial charge is 0.331 e. The second-order valence-electron chi connectivity index (χ2n) is 5.93. The van der Waals surface area contributed by atoms with Gasteiger partial charge in [-0.1, -0.05) is 51.7 Å². The normalized spacial score (nSPS) is 19.3. The van der Waals surface area contributed by atoms with Crippen LogP contribution in [0.5, 0.6) is 0 Å². The van der Waals surface area contributed by atoms with Crippen LogP contribution < -0.4 is 0 Å². The molecule has 1 unspecified atom stereocenters. The molecule has 0 aromatic heterocycles. The fourth-order valence-electron chi connectivity index (χ4n) is 3.43. The molecule has 0 radical (unpaired) electrons. The second-order valence-corrected chi connectivity index (χ2v) is 5.93. The number of rotatable bonds is 8. The van der Waals surface area contributed by atoms with Crippen molar-refractivity contribution in [2.24, 2.45) is 11.3 Å². The first-order valence-electron chi connectivity index (χ1n) is 7.79. The maximum absolute atomic E-state index is 11.5. The molecule has 1 fully saturated rings. The summed E-state index contributed by atoms with van der Waals surface area (Å²) in [6.07, 6.45) is 10.4. The summed E-state index contributed by atoms with van der Waals surface area (Å²) in [6.45, 7) is 5.84. The highest BCUT2D eigenvalue weighted by molar-refractivity contribution is 5.89. The van der Waals surface area contributed by atoms with Crippen molar-refractivity contribution < 1.29 is 19.8 Å². The Balaban J connectivity index is 3.20. The maximum Gasteiger partial charge on any atom is 0.331 e. The zero-order valence-corrected chi connectivity index (χ0v) is 12.8. The summed E-state index contributed by atoms with van der Waals surface area (Å²) >= 11 is 0. The van der Waals surface area contributed by atoms with Crippen LogP contribution in [0.15, 0.2) is 24.3 Å². The van der Waals surface area contributed by atoms with E-state index in [4.69, 9.17) is 5.11 Å². The molecule has 118 valence electrons. The minimum Gasteiger partial charge on any atom is -0.478 e. The fraction of sp³-hybridized carbons (Fsp3) is 0.647. The highest BCUT2D eigenvalue weighted by atomic mass is 16.4. The van der Waals surface area contributed by atoms with Gasteiger partial charge in [-0.15, -0.1) is 0 Å². The van der Waals surface area contributed by atoms with E-state index in [2.05, 4.69) is 13.5 Å². The van der Waals surface area contributed by atoms with Crippen LogP contribution in [-0.4, -0.2) is 22.2 Å². The third-order valence-corrected chi connectivity index (χ3v) is 4.62. The van der Waals surface area contributed by atoms with E-state index in [0.29, 0.717) is 6.42 Å². The summed E-state index contributed by atoms with van der Waals surface area (Å²) in [5.74, 6) is -1.88. The molecule has 1 rings (SSSR count). The molecule has 1 atom stereocenters. The second kappa shape index (κ2) is 8.01. The van der Waals surface area contributed by atoms with Crippen molar-refractivity contribution in [3.63, 3.8) is 0 Å². The molecule has 21 heavy (non-hydrogen) atoms. The number of carboxylic acids is 2. The van der Waals surface area contributed by atoms with Crippen LogP contribution in [0.2, 0.25) is 0 Å². The van der Waals surface area contributed by atoms with Gasteiger partial charge in [0, 0.05) is 17.1 Å². The lowest BCUT2D eigenvalue weighted by molar-refractivity contribution is -0.134. The lowest BCUT2D eigenvalue weighted by Crippen LogP contribution is -2.35. The molecule has 1 saturated carbocycles. The molecule has 0 bridgehead atoms. The highest BCUT2D eigenvalue weighted by Gasteiger charge is 2.41. The van der Waals surface area contributed by atoms with Gasteiger partial charge >= 0.3 is 11.9 Å². The summed E-state index contributed by atoms with van der Waals surface area (Å²) in [6, 6.07) is 0. The summed E-state index contributed by atoms with van der Waals surface area (Å²) in [5.41, 5.74) is -0.582. The average Bonchev–Trinajstić information content (AvgIpc) is 2.48. The van der Waals surface area contributed by atoms with Gasteiger partial charge in [-0.3, -0.25) is 0 Å². The Hall–Kier alpha value is -1.58. The standard InChI is InChI=1S/C17H26O4/c1-3-4-11-17(12-10-15(18)19,13(2)16(20)21)14-8-6-5-7-9-14/h10,12,14H,2-9,11H2,1H3,(H,18,19)(H,20,21). The van der Waals surface area contributed by atoms with Gasteiger partial charge in [0.2, 0.25) is 0 Å². The maximum atomic E-state index is 11.5. The number of unbranched alkanes of at least 4 members (excludes halogenated alkanes) is 1. The first kappa shape index (κ1) is 17.5. The zero-order chi connectivity index (χ0) is 15.9. The van der Waals surface area contributed by atoms with E-state index >= 15 is 0 Å². The van der Waals surface area contributed by atoms with Crippen molar-refractivity contribution >= 4 is 11.9 Å². The van der Waals surface area contributed by atoms with Crippen molar-refractivity contribution in [1.82, 2.24) is 0 Å². The number of allylic oxidation sites excluding steroid dienone is 1. The first-order chi connectivity index (χ1) is 9.94. The van der Waals surface area contributed by atoms with E-state index in [0.717, 1.165) is 44.6 Å². The largest absolute Gasteiger partial charge is 0.478 e. The van der Waals surface area contributed by atoms with Crippen LogP contribution in [0.25, 0.3) is 0 Å². The van der Waals surface area contributed by atoms with Crippen molar-refractivity contribution in [3.8, 4) is 0 Å². The van der Waals surface area contributed by atoms with E-state index in [1.165, 1.54) is 6.42 Å². The van der Waals surface area contributed by atoms with Gasteiger partial charge in [0.1, 0.15) is 0 Å². The zero-order valence-electron chi connectivity index (χ0n) is 12.8. The van der Waals surface area contributed by atoms with Gasteiger partial charge in [0.25, 0.3) is 0 Å². The van der Waals surface area contributed by atoms with Crippen LogP contribution in [0.3, 0.4) is 0 Å². The molecule has 0 aromatic carbocycles. The molecule has 0 saturated heterocycles. The summed E-state index contributed by atoms with van der Waals surface area (Å²) in [5, 5.41) is 18.4. The summed E-state index contributed by atoms with van der Waals surface area (Å²) < 4.78 is 0. The molecule has 4 nitrogen and oxygen atoms in total. The van der Waals surface area contributed by atoms with Gasteiger partial charge < -0.3 is 10.2 Å². The van der Waals surface area contributed by atoms with Crippen molar-refractivity contribution in [1.29, 1.82) is 0 Å². The average molecular weight is 294 g/mol. The number of hydrogen-bond acceptors (Lipinski definition) is 2. The van der Waals surface area contributed by atoms with Gasteiger partial charge in [-0.05, 0) is 25.2 Å². The Bertz CT molecular complexity index is 419. The van der Waals surface area contributed by atoms with Gasteiger partial charge in [-0.25, -0.2) is 9.59 Å². The van der Waals surface area contributed by atoms with Gasteiger partial charge in [0.15, 0.2) is 0 Å². The van der Waals surface area contributed by atoms with Crippen molar-refractivity contribution in [3.05, 3.63) is 24.3 Å². The number of carboxylic acid groups (broad SMARTS) is 2. The number of aliphatic carboxylic acids is 2. The molecule has 0 aliphatic heterocycles. The molecule has 0 spiro atoms. The molecular formula is C17H26O4. The first-order valence-corrected chi connectivity index (χ1v) is 7.79. The van der Waals surface area contributed by atoms with E-state index in [1.807, 2.05) is 0 Å². The monoisotopic (exact) mass is 294 g/mol. The molecular weight excluding hydrogens is 268 g/mol. The highest BCUT2D eigenvalue weighted by Crippen LogP contribution is 2.48. The Kier molecular flexibility index (Phi) is 6.66. The quantitative estimate of drug-likeness (QED) is 0.663. The molecule has 4 heteroatoms. The third kappa shape index (κ3) is 4.45. The Morgan fingerprint density at radius 2 is 1.86 bits per heavy atom. The molecule has 1 aliphatic carbocycles. The predicted molar refractivity (Wildman–Crippen MR) is 82.1 cm³/mol. The van der Waals surface area contributed by atoms with Crippen molar-refractivity contribution in [2.45, 2.75) is 58.3 Å². The minimum absolute atomic E-state index is 0.139. The Morgan fingerprint density at radius 1 is 1.24 bits per heavy atom. The number of carbonyl (C=O) groups is 2. The summed E-state index contributed by atoms with van der Waals surface area (Å²) in [7, 11) is 0. The molecule has 1 aliphatic rings. The SMILES string of the molecule is C=C(C(=O)O)C(C=CC(=O)O)(CCCC)C1CCCCC1. The van der Waals surface area contributed by atoms with E-state index in [-0.39, 0.29) is 11.5 Å². The summed E-state index contributed by atoms with van der Waals surface area (Å²) in [4.78, 5) is 22.4. The molecule has 0 heterocycles. The minimum atomic E-state index is -1.04. The van der Waals surface area contributed by atoms with E-state index in [9.17, 15) is 14.7 Å². The molecule has 2 N–H and O–H groups in total. The van der Waals surface area contributed by atoms with Crippen LogP contribution in [-0.2, 0) is 9.59 Å². The molecule has 0 aromatic rings. The van der Waals surface area contributed by atoms with Crippen LogP contribution in [0, 0.1) is 11.3 Å². The molecule has 0 amide bonds. The van der Waals surface area contributed by atoms with E-state index in [1.54, 1.807) is 6.08 Å². The van der Waals surface area contributed by atoms with Gasteiger partial charge in [0.05, 0.1) is 0 Å². The van der Waals surface area contributed by atoms with E-state index < -0.39 is 17.4 Å². The topological polar surface area (TPSA) is 74.6 Å². The van der Waals surface area contributed by atoms with Gasteiger partial charge in [-0.2, -0.15) is 0 Å². The van der Waals surface area contributed by atoms with Crippen LogP contribution in [0.4, 0.5) is 0 Å². The van der Waals surface area contributed by atoms with Crippen LogP contribution >= 0.6 is 0 Å². The Labute approximate surface area is 126 Å². The third-order valence-electron chi connectivity index (χ3n) is 4.62. The van der Waals surface area contributed by atoms with Crippen molar-refractivity contribution in [2.75, 3.05) is 0 Å².